The summed E-state index contributed by atoms with van der Waals surface area (Å²) in [6.45, 7) is 0.0684. The third kappa shape index (κ3) is 3.70. The lowest BCUT2D eigenvalue weighted by Gasteiger charge is -2.15. The van der Waals surface area contributed by atoms with Crippen LogP contribution in [0.4, 0.5) is 36.6 Å². The summed E-state index contributed by atoms with van der Waals surface area (Å²) < 4.78 is 93.5. The van der Waals surface area contributed by atoms with Crippen molar-refractivity contribution in [2.24, 2.45) is 0 Å². The molecule has 0 aliphatic rings. The van der Waals surface area contributed by atoms with Crippen LogP contribution in [0.15, 0.2) is 18.2 Å². The van der Waals surface area contributed by atoms with Crippen LogP contribution in [0, 0.1) is 6.92 Å². The van der Waals surface area contributed by atoms with Gasteiger partial charge in [-0.3, -0.25) is 0 Å². The van der Waals surface area contributed by atoms with Gasteiger partial charge >= 0.3 is 12.4 Å². The highest BCUT2D eigenvalue weighted by molar-refractivity contribution is 6.32. The number of rotatable bonds is 3. The van der Waals surface area contributed by atoms with Crippen LogP contribution in [0.2, 0.25) is 5.02 Å². The zero-order valence-corrected chi connectivity index (χ0v) is 15.6. The van der Waals surface area contributed by atoms with E-state index in [0.29, 0.717) is 6.07 Å². The number of alkyl halides is 7. The molecule has 12 heteroatoms. The smallest absolute Gasteiger partial charge is 0.372 e. The predicted molar refractivity (Wildman–Crippen MR) is 93.0 cm³/mol. The third-order valence-electron chi connectivity index (χ3n) is 4.14. The highest BCUT2D eigenvalue weighted by Gasteiger charge is 2.38. The van der Waals surface area contributed by atoms with E-state index >= 15 is 0 Å². The van der Waals surface area contributed by atoms with Gasteiger partial charge in [0, 0.05) is 7.05 Å². The molecule has 156 valence electrons. The summed E-state index contributed by atoms with van der Waals surface area (Å²) in [7, 11) is 1.31. The Hall–Kier alpha value is -2.56. The average Bonchev–Trinajstić information content (AvgIpc) is 2.96. The first kappa shape index (κ1) is 21.2. The zero-order chi connectivity index (χ0) is 21.7. The molecule has 0 saturated carbocycles. The molecule has 0 saturated heterocycles. The molecule has 0 aliphatic carbocycles. The lowest BCUT2D eigenvalue weighted by molar-refractivity contribution is -0.140. The van der Waals surface area contributed by atoms with Gasteiger partial charge in [0.1, 0.15) is 12.5 Å². The Morgan fingerprint density at radius 1 is 1.07 bits per heavy atom. The van der Waals surface area contributed by atoms with Gasteiger partial charge in [0.2, 0.25) is 0 Å². The van der Waals surface area contributed by atoms with Gasteiger partial charge < -0.3 is 5.32 Å². The highest BCUT2D eigenvalue weighted by Crippen LogP contribution is 2.41. The van der Waals surface area contributed by atoms with Gasteiger partial charge in [0.05, 0.1) is 32.9 Å². The minimum absolute atomic E-state index is 0.0290. The topological polar surface area (TPSA) is 42.7 Å². The van der Waals surface area contributed by atoms with Gasteiger partial charge in [-0.2, -0.15) is 31.4 Å². The Morgan fingerprint density at radius 2 is 1.72 bits per heavy atom. The molecule has 0 unspecified atom stereocenters. The molecule has 4 nitrogen and oxygen atoms in total. The van der Waals surface area contributed by atoms with E-state index in [2.05, 4.69) is 15.4 Å². The standard InChI is InChI=1S/C17H12ClF7N4/c1-7-3-8(16(20,21)22)4-10(18)13(7)29-15(26-2)12-11(28-29)5-9(6-19)27-14(12)17(23,24)25/h3-5,26H,6H2,1-2H3. The van der Waals surface area contributed by atoms with E-state index in [9.17, 15) is 30.7 Å². The maximum Gasteiger partial charge on any atom is 0.434 e. The van der Waals surface area contributed by atoms with Crippen molar-refractivity contribution in [3.05, 3.63) is 45.7 Å². The molecule has 29 heavy (non-hydrogen) atoms. The van der Waals surface area contributed by atoms with E-state index in [1.54, 1.807) is 0 Å². The van der Waals surface area contributed by atoms with E-state index in [1.165, 1.54) is 14.0 Å². The molecule has 0 radical (unpaired) electrons. The number of benzene rings is 1. The van der Waals surface area contributed by atoms with Crippen LogP contribution in [-0.4, -0.2) is 21.8 Å². The monoisotopic (exact) mass is 440 g/mol. The molecule has 3 rings (SSSR count). The Balaban J connectivity index is 2.38. The fourth-order valence-corrected chi connectivity index (χ4v) is 3.34. The maximum atomic E-state index is 13.5. The van der Waals surface area contributed by atoms with Gasteiger partial charge in [0.25, 0.3) is 0 Å². The van der Waals surface area contributed by atoms with E-state index in [4.69, 9.17) is 11.6 Å². The summed E-state index contributed by atoms with van der Waals surface area (Å²) in [6.07, 6.45) is -9.57. The Morgan fingerprint density at radius 3 is 2.21 bits per heavy atom. The Bertz CT molecular complexity index is 1060. The number of aromatic nitrogens is 3. The minimum Gasteiger partial charge on any atom is -0.372 e. The Labute approximate surface area is 164 Å². The number of hydrogen-bond donors (Lipinski definition) is 1. The van der Waals surface area contributed by atoms with Crippen molar-refractivity contribution >= 4 is 28.3 Å². The van der Waals surface area contributed by atoms with Crippen LogP contribution >= 0.6 is 11.6 Å². The fraction of sp³-hybridized carbons (Fsp3) is 0.294. The van der Waals surface area contributed by atoms with Crippen molar-refractivity contribution in [1.82, 2.24) is 14.8 Å². The first-order valence-corrected chi connectivity index (χ1v) is 8.37. The number of anilines is 1. The molecule has 1 N–H and O–H groups in total. The van der Waals surface area contributed by atoms with E-state index in [-0.39, 0.29) is 27.6 Å². The van der Waals surface area contributed by atoms with Gasteiger partial charge in [0.15, 0.2) is 5.69 Å². The second-order valence-corrected chi connectivity index (χ2v) is 6.53. The van der Waals surface area contributed by atoms with Crippen molar-refractivity contribution in [3.8, 4) is 5.69 Å². The molecule has 0 bridgehead atoms. The van der Waals surface area contributed by atoms with Gasteiger partial charge in [-0.1, -0.05) is 11.6 Å². The van der Waals surface area contributed by atoms with Crippen LogP contribution in [0.5, 0.6) is 0 Å². The Kier molecular flexibility index (Phi) is 5.14. The van der Waals surface area contributed by atoms with Gasteiger partial charge in [-0.05, 0) is 30.7 Å². The largest absolute Gasteiger partial charge is 0.434 e. The molecule has 0 atom stereocenters. The van der Waals surface area contributed by atoms with Crippen molar-refractivity contribution in [3.63, 3.8) is 0 Å². The first-order chi connectivity index (χ1) is 13.4. The van der Waals surface area contributed by atoms with Crippen molar-refractivity contribution in [1.29, 1.82) is 0 Å². The number of nitrogens with one attached hydrogen (secondary N) is 1. The van der Waals surface area contributed by atoms with Crippen LogP contribution in [0.25, 0.3) is 16.6 Å². The minimum atomic E-state index is -4.91. The zero-order valence-electron chi connectivity index (χ0n) is 14.8. The summed E-state index contributed by atoms with van der Waals surface area (Å²) in [5.41, 5.74) is -3.11. The predicted octanol–water partition coefficient (Wildman–Crippen LogP) is 5.93. The normalized spacial score (nSPS) is 12.6. The number of fused-ring (bicyclic) bond motifs is 1. The molecule has 0 aliphatic heterocycles. The van der Waals surface area contributed by atoms with E-state index < -0.39 is 41.4 Å². The number of aryl methyl sites for hydroxylation is 1. The van der Waals surface area contributed by atoms with Crippen molar-refractivity contribution in [2.45, 2.75) is 26.0 Å². The van der Waals surface area contributed by atoms with Gasteiger partial charge in [-0.15, -0.1) is 0 Å². The quantitative estimate of drug-likeness (QED) is 0.513. The third-order valence-corrected chi connectivity index (χ3v) is 4.43. The van der Waals surface area contributed by atoms with Crippen LogP contribution in [0.1, 0.15) is 22.5 Å². The number of pyridine rings is 1. The summed E-state index contributed by atoms with van der Waals surface area (Å²) in [5.74, 6) is -0.199. The number of hydrogen-bond acceptors (Lipinski definition) is 3. The second-order valence-electron chi connectivity index (χ2n) is 6.12. The molecule has 2 aromatic heterocycles. The van der Waals surface area contributed by atoms with E-state index in [0.717, 1.165) is 16.8 Å². The number of halogens is 8. The molecular weight excluding hydrogens is 429 g/mol. The first-order valence-electron chi connectivity index (χ1n) is 7.99. The summed E-state index contributed by atoms with van der Waals surface area (Å²) in [6, 6.07) is 2.50. The van der Waals surface area contributed by atoms with Gasteiger partial charge in [-0.25, -0.2) is 14.1 Å². The lowest BCUT2D eigenvalue weighted by atomic mass is 10.1. The van der Waals surface area contributed by atoms with Crippen LogP contribution in [0.3, 0.4) is 0 Å². The van der Waals surface area contributed by atoms with Crippen molar-refractivity contribution in [2.75, 3.05) is 12.4 Å². The van der Waals surface area contributed by atoms with Crippen LogP contribution in [-0.2, 0) is 19.0 Å². The average molecular weight is 441 g/mol. The number of nitrogens with zero attached hydrogens (tertiary/aromatic N) is 3. The highest BCUT2D eigenvalue weighted by atomic mass is 35.5. The summed E-state index contributed by atoms with van der Waals surface area (Å²) >= 11 is 6.03. The fourth-order valence-electron chi connectivity index (χ4n) is 2.99. The molecule has 0 fully saturated rings. The van der Waals surface area contributed by atoms with Crippen molar-refractivity contribution < 1.29 is 30.7 Å². The second kappa shape index (κ2) is 7.05. The summed E-state index contributed by atoms with van der Waals surface area (Å²) in [5, 5.41) is 5.77. The lowest BCUT2D eigenvalue weighted by Crippen LogP contribution is -2.11. The van der Waals surface area contributed by atoms with E-state index in [1.807, 2.05) is 0 Å². The molecule has 2 heterocycles. The SMILES string of the molecule is CNc1c2c(C(F)(F)F)nc(CF)cc2nn1-c1c(C)cc(C(F)(F)F)cc1Cl. The van der Waals surface area contributed by atoms with Crippen LogP contribution < -0.4 is 5.32 Å². The molecule has 0 spiro atoms. The molecular formula is C17H12ClF7N4. The molecule has 3 aromatic rings. The summed E-state index contributed by atoms with van der Waals surface area (Å²) in [4.78, 5) is 3.32. The maximum absolute atomic E-state index is 13.5. The molecule has 1 aromatic carbocycles. The molecule has 0 amide bonds.